The van der Waals surface area contributed by atoms with Crippen molar-refractivity contribution in [2.75, 3.05) is 31.1 Å². The van der Waals surface area contributed by atoms with Crippen LogP contribution >= 0.6 is 0 Å². The standard InChI is InChI=1S/C25H24N6O3/c32-22(29-15-13-28(14-16-29)20-5-2-1-3-6-20)18-30-21-7-4-10-27-23(21)31(25(34)24(30)33)17-19-8-11-26-12-9-19/h1-12H,13-18H2. The summed E-state index contributed by atoms with van der Waals surface area (Å²) in [7, 11) is 0. The van der Waals surface area contributed by atoms with E-state index in [4.69, 9.17) is 0 Å². The van der Waals surface area contributed by atoms with Crippen molar-refractivity contribution in [3.05, 3.63) is 99.5 Å². The number of hydrogen-bond donors (Lipinski definition) is 0. The molecule has 5 rings (SSSR count). The SMILES string of the molecule is O=C(Cn1c(=O)c(=O)n(Cc2ccncc2)c2ncccc21)N1CCN(c2ccccc2)CC1. The molecular weight excluding hydrogens is 432 g/mol. The van der Waals surface area contributed by atoms with Crippen molar-refractivity contribution in [2.45, 2.75) is 13.1 Å². The number of piperazine rings is 1. The van der Waals surface area contributed by atoms with Crippen LogP contribution in [0.15, 0.2) is 82.8 Å². The van der Waals surface area contributed by atoms with Crippen molar-refractivity contribution in [1.29, 1.82) is 0 Å². The highest BCUT2D eigenvalue weighted by atomic mass is 16.2. The number of benzene rings is 1. The number of carbonyl (C=O) groups is 1. The van der Waals surface area contributed by atoms with Gasteiger partial charge >= 0.3 is 11.1 Å². The minimum atomic E-state index is -0.731. The smallest absolute Gasteiger partial charge is 0.318 e. The molecule has 9 heteroatoms. The molecule has 1 aromatic carbocycles. The van der Waals surface area contributed by atoms with Gasteiger partial charge in [0.05, 0.1) is 12.1 Å². The van der Waals surface area contributed by atoms with Gasteiger partial charge in [-0.25, -0.2) is 4.98 Å². The van der Waals surface area contributed by atoms with E-state index in [0.717, 1.165) is 11.3 Å². The van der Waals surface area contributed by atoms with E-state index in [0.29, 0.717) is 37.3 Å². The Morgan fingerprint density at radius 1 is 0.794 bits per heavy atom. The predicted molar refractivity (Wildman–Crippen MR) is 129 cm³/mol. The van der Waals surface area contributed by atoms with Crippen molar-refractivity contribution in [3.63, 3.8) is 0 Å². The van der Waals surface area contributed by atoms with E-state index in [9.17, 15) is 14.4 Å². The second kappa shape index (κ2) is 9.30. The van der Waals surface area contributed by atoms with Crippen LogP contribution in [0.25, 0.3) is 11.2 Å². The molecule has 0 saturated carbocycles. The van der Waals surface area contributed by atoms with E-state index in [-0.39, 0.29) is 19.0 Å². The third-order valence-electron chi connectivity index (χ3n) is 6.12. The third kappa shape index (κ3) is 4.19. The molecule has 9 nitrogen and oxygen atoms in total. The molecule has 0 N–H and O–H groups in total. The molecule has 0 bridgehead atoms. The molecule has 0 aliphatic carbocycles. The van der Waals surface area contributed by atoms with Crippen molar-refractivity contribution < 1.29 is 4.79 Å². The van der Waals surface area contributed by atoms with E-state index in [1.165, 1.54) is 9.13 Å². The van der Waals surface area contributed by atoms with Gasteiger partial charge in [0.25, 0.3) is 0 Å². The Kier molecular flexibility index (Phi) is 5.90. The van der Waals surface area contributed by atoms with Gasteiger partial charge in [0.15, 0.2) is 5.65 Å². The molecule has 34 heavy (non-hydrogen) atoms. The maximum absolute atomic E-state index is 13.1. The first kappa shape index (κ1) is 21.6. The Morgan fingerprint density at radius 3 is 2.24 bits per heavy atom. The normalized spacial score (nSPS) is 13.9. The summed E-state index contributed by atoms with van der Waals surface area (Å²) >= 11 is 0. The highest BCUT2D eigenvalue weighted by Gasteiger charge is 2.23. The van der Waals surface area contributed by atoms with Crippen molar-refractivity contribution in [3.8, 4) is 0 Å². The fourth-order valence-corrected chi connectivity index (χ4v) is 4.31. The molecule has 0 radical (unpaired) electrons. The first-order valence-corrected chi connectivity index (χ1v) is 11.2. The molecule has 3 aromatic heterocycles. The van der Waals surface area contributed by atoms with Gasteiger partial charge in [-0.1, -0.05) is 18.2 Å². The molecule has 0 spiro atoms. The summed E-state index contributed by atoms with van der Waals surface area (Å²) in [6.07, 6.45) is 4.84. The summed E-state index contributed by atoms with van der Waals surface area (Å²) in [6, 6.07) is 17.1. The van der Waals surface area contributed by atoms with Crippen LogP contribution < -0.4 is 16.0 Å². The van der Waals surface area contributed by atoms with Crippen LogP contribution in [0.1, 0.15) is 5.56 Å². The van der Waals surface area contributed by atoms with Gasteiger partial charge in [0.2, 0.25) is 5.91 Å². The maximum Gasteiger partial charge on any atom is 0.318 e. The molecule has 4 heterocycles. The van der Waals surface area contributed by atoms with Gasteiger partial charge in [-0.3, -0.25) is 28.5 Å². The largest absolute Gasteiger partial charge is 0.368 e. The van der Waals surface area contributed by atoms with E-state index < -0.39 is 11.1 Å². The lowest BCUT2D eigenvalue weighted by molar-refractivity contribution is -0.132. The van der Waals surface area contributed by atoms with Gasteiger partial charge in [-0.2, -0.15) is 0 Å². The second-order valence-corrected chi connectivity index (χ2v) is 8.19. The van der Waals surface area contributed by atoms with Crippen molar-refractivity contribution in [1.82, 2.24) is 24.0 Å². The zero-order chi connectivity index (χ0) is 23.5. The number of para-hydroxylation sites is 1. The number of amides is 1. The molecule has 1 fully saturated rings. The average molecular weight is 457 g/mol. The van der Waals surface area contributed by atoms with Crippen LogP contribution in [-0.4, -0.2) is 56.1 Å². The van der Waals surface area contributed by atoms with Gasteiger partial charge in [0, 0.05) is 50.5 Å². The summed E-state index contributed by atoms with van der Waals surface area (Å²) < 4.78 is 2.60. The highest BCUT2D eigenvalue weighted by molar-refractivity contribution is 5.79. The molecular formula is C25H24N6O3. The zero-order valence-electron chi connectivity index (χ0n) is 18.6. The minimum Gasteiger partial charge on any atom is -0.368 e. The Labute approximate surface area is 195 Å². The van der Waals surface area contributed by atoms with Crippen LogP contribution in [-0.2, 0) is 17.9 Å². The topological polar surface area (TPSA) is 93.3 Å². The van der Waals surface area contributed by atoms with Crippen molar-refractivity contribution >= 4 is 22.8 Å². The Balaban J connectivity index is 1.40. The van der Waals surface area contributed by atoms with Crippen LogP contribution in [0.5, 0.6) is 0 Å². The van der Waals surface area contributed by atoms with Gasteiger partial charge in [0.1, 0.15) is 6.54 Å². The van der Waals surface area contributed by atoms with Gasteiger partial charge in [-0.15, -0.1) is 0 Å². The van der Waals surface area contributed by atoms with E-state index >= 15 is 0 Å². The molecule has 1 saturated heterocycles. The molecule has 4 aromatic rings. The number of aromatic nitrogens is 4. The number of pyridine rings is 2. The predicted octanol–water partition coefficient (Wildman–Crippen LogP) is 1.35. The molecule has 172 valence electrons. The van der Waals surface area contributed by atoms with E-state index in [2.05, 4.69) is 27.0 Å². The van der Waals surface area contributed by atoms with E-state index in [1.54, 1.807) is 47.8 Å². The molecule has 1 aliphatic heterocycles. The molecule has 1 aliphatic rings. The zero-order valence-corrected chi connectivity index (χ0v) is 18.6. The fraction of sp³-hybridized carbons (Fsp3) is 0.240. The number of fused-ring (bicyclic) bond motifs is 1. The quantitative estimate of drug-likeness (QED) is 0.421. The van der Waals surface area contributed by atoms with Gasteiger partial charge in [-0.05, 0) is 42.0 Å². The molecule has 0 unspecified atom stereocenters. The molecule has 0 atom stereocenters. The summed E-state index contributed by atoms with van der Waals surface area (Å²) in [5, 5.41) is 0. The Hall–Kier alpha value is -4.27. The first-order valence-electron chi connectivity index (χ1n) is 11.2. The van der Waals surface area contributed by atoms with Crippen LogP contribution in [0.4, 0.5) is 5.69 Å². The van der Waals surface area contributed by atoms with Crippen LogP contribution in [0, 0.1) is 0 Å². The molecule has 1 amide bonds. The lowest BCUT2D eigenvalue weighted by Crippen LogP contribution is -2.51. The second-order valence-electron chi connectivity index (χ2n) is 8.19. The lowest BCUT2D eigenvalue weighted by Gasteiger charge is -2.36. The van der Waals surface area contributed by atoms with E-state index in [1.807, 2.05) is 18.2 Å². The Bertz CT molecular complexity index is 1420. The first-order chi connectivity index (χ1) is 16.6. The van der Waals surface area contributed by atoms with Crippen LogP contribution in [0.3, 0.4) is 0 Å². The highest BCUT2D eigenvalue weighted by Crippen LogP contribution is 2.16. The number of carbonyl (C=O) groups excluding carboxylic acids is 1. The van der Waals surface area contributed by atoms with Crippen molar-refractivity contribution in [2.24, 2.45) is 0 Å². The summed E-state index contributed by atoms with van der Waals surface area (Å²) in [4.78, 5) is 51.5. The maximum atomic E-state index is 13.1. The monoisotopic (exact) mass is 456 g/mol. The number of anilines is 1. The summed E-state index contributed by atoms with van der Waals surface area (Å²) in [6.45, 7) is 2.52. The van der Waals surface area contributed by atoms with Gasteiger partial charge < -0.3 is 9.80 Å². The minimum absolute atomic E-state index is 0.189. The Morgan fingerprint density at radius 2 is 1.50 bits per heavy atom. The number of hydrogen-bond acceptors (Lipinski definition) is 6. The summed E-state index contributed by atoms with van der Waals surface area (Å²) in [5.41, 5.74) is 1.34. The van der Waals surface area contributed by atoms with Crippen LogP contribution in [0.2, 0.25) is 0 Å². The number of rotatable bonds is 5. The average Bonchev–Trinajstić information content (AvgIpc) is 2.90. The summed E-state index contributed by atoms with van der Waals surface area (Å²) in [5.74, 6) is -0.189. The third-order valence-corrected chi connectivity index (χ3v) is 6.12. The number of nitrogens with zero attached hydrogens (tertiary/aromatic N) is 6. The fourth-order valence-electron chi connectivity index (χ4n) is 4.31. The lowest BCUT2D eigenvalue weighted by atomic mass is 10.2.